The largest absolute Gasteiger partial charge is 0.318 e. The predicted molar refractivity (Wildman–Crippen MR) is 143 cm³/mol. The van der Waals surface area contributed by atoms with E-state index in [0.29, 0.717) is 21.7 Å². The number of rotatable bonds is 3. The summed E-state index contributed by atoms with van der Waals surface area (Å²) in [7, 11) is 0. The summed E-state index contributed by atoms with van der Waals surface area (Å²) < 4.78 is 5.20. The number of nitrogens with zero attached hydrogens (tertiary/aromatic N) is 4. The number of halogens is 3. The van der Waals surface area contributed by atoms with Crippen LogP contribution >= 0.6 is 43.5 Å². The molecule has 0 spiro atoms. The third-order valence-electron chi connectivity index (χ3n) is 5.42. The molecule has 0 aliphatic rings. The first-order valence-corrected chi connectivity index (χ1v) is 12.4. The molecule has 0 fully saturated rings. The molecule has 8 heteroatoms. The number of hydrogen-bond acceptors (Lipinski definition) is 3. The van der Waals surface area contributed by atoms with Crippen molar-refractivity contribution in [3.05, 3.63) is 89.6 Å². The van der Waals surface area contributed by atoms with E-state index in [4.69, 9.17) is 16.6 Å². The Morgan fingerprint density at radius 3 is 2.45 bits per heavy atom. The van der Waals surface area contributed by atoms with E-state index < -0.39 is 0 Å². The molecule has 0 atom stereocenters. The summed E-state index contributed by atoms with van der Waals surface area (Å²) in [5, 5.41) is 5.78. The first-order valence-electron chi connectivity index (χ1n) is 10.4. The summed E-state index contributed by atoms with van der Waals surface area (Å²) in [6.45, 7) is 10.1. The van der Waals surface area contributed by atoms with Crippen LogP contribution in [0.25, 0.3) is 16.6 Å². The zero-order valence-corrected chi connectivity index (χ0v) is 22.9. The molecule has 0 unspecified atom stereocenters. The number of aryl methyl sites for hydroxylation is 1. The molecule has 0 bridgehead atoms. The van der Waals surface area contributed by atoms with E-state index in [1.54, 1.807) is 12.3 Å². The highest BCUT2D eigenvalue weighted by Gasteiger charge is 2.23. The molecule has 0 aliphatic carbocycles. The predicted octanol–water partition coefficient (Wildman–Crippen LogP) is 7.16. The summed E-state index contributed by atoms with van der Waals surface area (Å²) in [6, 6.07) is 13.4. The van der Waals surface area contributed by atoms with E-state index in [1.165, 1.54) is 4.68 Å². The van der Waals surface area contributed by atoms with Gasteiger partial charge in [0, 0.05) is 37.0 Å². The van der Waals surface area contributed by atoms with Crippen LogP contribution in [0, 0.1) is 13.8 Å². The van der Waals surface area contributed by atoms with Gasteiger partial charge >= 0.3 is 0 Å². The van der Waals surface area contributed by atoms with E-state index in [9.17, 15) is 4.79 Å². The Kier molecular flexibility index (Phi) is 6.42. The summed E-state index contributed by atoms with van der Waals surface area (Å²) in [6.07, 6.45) is 1.72. The van der Waals surface area contributed by atoms with E-state index in [1.807, 2.05) is 71.0 Å². The summed E-state index contributed by atoms with van der Waals surface area (Å²) >= 11 is 13.2. The lowest BCUT2D eigenvalue weighted by Gasteiger charge is -2.20. The number of fused-ring (bicyclic) bond motifs is 1. The van der Waals surface area contributed by atoms with Gasteiger partial charge in [-0.1, -0.05) is 48.3 Å². The van der Waals surface area contributed by atoms with E-state index in [-0.39, 0.29) is 11.0 Å². The van der Waals surface area contributed by atoms with Crippen molar-refractivity contribution in [1.82, 2.24) is 14.2 Å². The fourth-order valence-corrected chi connectivity index (χ4v) is 4.58. The summed E-state index contributed by atoms with van der Waals surface area (Å²) in [4.78, 5) is 18.2. The van der Waals surface area contributed by atoms with E-state index in [2.05, 4.69) is 41.5 Å². The fraction of sp³-hybridized carbons (Fsp3) is 0.240. The first-order chi connectivity index (χ1) is 15.5. The lowest BCUT2D eigenvalue weighted by atomic mass is 9.95. The molecule has 0 amide bonds. The molecule has 33 heavy (non-hydrogen) atoms. The van der Waals surface area contributed by atoms with Gasteiger partial charge in [-0.15, -0.1) is 0 Å². The van der Waals surface area contributed by atoms with Crippen LogP contribution in [0.1, 0.15) is 43.5 Å². The Balaban J connectivity index is 1.86. The van der Waals surface area contributed by atoms with Crippen LogP contribution in [0.4, 0.5) is 0 Å². The second kappa shape index (κ2) is 8.85. The highest BCUT2D eigenvalue weighted by Crippen LogP contribution is 2.28. The molecule has 4 rings (SSSR count). The standard InChI is InChI=1S/C25H23Br2ClN4O/c1-14-10-16(15(2)31(14)18-7-8-20(27)21(28)12-18)13-29-32-23(33)19-11-17(26)6-9-22(19)30-24(32)25(3,4)5/h6-13H,1-5H3. The van der Waals surface area contributed by atoms with Crippen LogP contribution in [0.3, 0.4) is 0 Å². The highest BCUT2D eigenvalue weighted by atomic mass is 79.9. The molecule has 170 valence electrons. The number of hydrogen-bond donors (Lipinski definition) is 0. The minimum atomic E-state index is -0.372. The van der Waals surface area contributed by atoms with Crippen molar-refractivity contribution >= 4 is 60.6 Å². The molecule has 4 aromatic rings. The Labute approximate surface area is 214 Å². The molecular formula is C25H23Br2ClN4O. The average molecular weight is 591 g/mol. The highest BCUT2D eigenvalue weighted by molar-refractivity contribution is 9.10. The van der Waals surface area contributed by atoms with E-state index in [0.717, 1.165) is 31.6 Å². The van der Waals surface area contributed by atoms with Gasteiger partial charge in [0.2, 0.25) is 0 Å². The molecule has 2 aromatic heterocycles. The Bertz CT molecular complexity index is 1480. The minimum absolute atomic E-state index is 0.198. The minimum Gasteiger partial charge on any atom is -0.318 e. The van der Waals surface area contributed by atoms with Crippen LogP contribution in [-0.2, 0) is 5.41 Å². The topological polar surface area (TPSA) is 52.2 Å². The summed E-state index contributed by atoms with van der Waals surface area (Å²) in [5.41, 5.74) is 3.99. The molecule has 0 saturated heterocycles. The Morgan fingerprint density at radius 2 is 1.79 bits per heavy atom. The van der Waals surface area contributed by atoms with Gasteiger partial charge in [-0.3, -0.25) is 4.79 Å². The van der Waals surface area contributed by atoms with Gasteiger partial charge in [-0.25, -0.2) is 4.98 Å². The first kappa shape index (κ1) is 23.9. The van der Waals surface area contributed by atoms with Gasteiger partial charge in [-0.2, -0.15) is 9.78 Å². The zero-order valence-electron chi connectivity index (χ0n) is 18.9. The second-order valence-corrected chi connectivity index (χ2v) is 11.1. The molecule has 0 saturated carbocycles. The maximum Gasteiger partial charge on any atom is 0.282 e. The maximum atomic E-state index is 13.4. The Morgan fingerprint density at radius 1 is 1.06 bits per heavy atom. The molecule has 2 heterocycles. The molecule has 0 aliphatic heterocycles. The van der Waals surface area contributed by atoms with Crippen molar-refractivity contribution < 1.29 is 0 Å². The molecule has 2 aromatic carbocycles. The van der Waals surface area contributed by atoms with Crippen molar-refractivity contribution in [2.75, 3.05) is 0 Å². The van der Waals surface area contributed by atoms with Crippen LogP contribution in [0.2, 0.25) is 5.02 Å². The van der Waals surface area contributed by atoms with Gasteiger partial charge in [-0.05, 0) is 72.2 Å². The van der Waals surface area contributed by atoms with Crippen molar-refractivity contribution in [3.8, 4) is 5.69 Å². The molecule has 0 N–H and O–H groups in total. The van der Waals surface area contributed by atoms with Crippen molar-refractivity contribution in [3.63, 3.8) is 0 Å². The lowest BCUT2D eigenvalue weighted by Crippen LogP contribution is -2.29. The molecular weight excluding hydrogens is 568 g/mol. The molecule has 0 radical (unpaired) electrons. The fourth-order valence-electron chi connectivity index (χ4n) is 3.80. The maximum absolute atomic E-state index is 13.4. The van der Waals surface area contributed by atoms with Crippen molar-refractivity contribution in [2.45, 2.75) is 40.0 Å². The third kappa shape index (κ3) is 4.59. The monoisotopic (exact) mass is 588 g/mol. The van der Waals surface area contributed by atoms with Crippen LogP contribution in [0.5, 0.6) is 0 Å². The lowest BCUT2D eigenvalue weighted by molar-refractivity contribution is 0.506. The summed E-state index contributed by atoms with van der Waals surface area (Å²) in [5.74, 6) is 0.604. The SMILES string of the molecule is Cc1cc(C=Nn2c(C(C)(C)C)nc3ccc(Br)cc3c2=O)c(C)n1-c1ccc(Br)c(Cl)c1. The number of aromatic nitrogens is 3. The van der Waals surface area contributed by atoms with Gasteiger partial charge in [0.05, 0.1) is 22.1 Å². The van der Waals surface area contributed by atoms with Gasteiger partial charge < -0.3 is 4.57 Å². The van der Waals surface area contributed by atoms with Crippen LogP contribution in [0.15, 0.2) is 61.3 Å². The van der Waals surface area contributed by atoms with Crippen LogP contribution in [-0.4, -0.2) is 20.4 Å². The van der Waals surface area contributed by atoms with Crippen molar-refractivity contribution in [2.24, 2.45) is 5.10 Å². The van der Waals surface area contributed by atoms with Gasteiger partial charge in [0.15, 0.2) is 0 Å². The smallest absolute Gasteiger partial charge is 0.282 e. The van der Waals surface area contributed by atoms with Crippen LogP contribution < -0.4 is 5.56 Å². The number of benzene rings is 2. The average Bonchev–Trinajstić information content (AvgIpc) is 3.02. The van der Waals surface area contributed by atoms with Gasteiger partial charge in [0.1, 0.15) is 5.82 Å². The second-order valence-electron chi connectivity index (χ2n) is 8.97. The normalized spacial score (nSPS) is 12.2. The van der Waals surface area contributed by atoms with Crippen molar-refractivity contribution in [1.29, 1.82) is 0 Å². The van der Waals surface area contributed by atoms with Gasteiger partial charge in [0.25, 0.3) is 5.56 Å². The quantitative estimate of drug-likeness (QED) is 0.238. The third-order valence-corrected chi connectivity index (χ3v) is 7.15. The zero-order chi connectivity index (χ0) is 24.1. The van der Waals surface area contributed by atoms with E-state index >= 15 is 0 Å². The Hall–Kier alpha value is -2.22. The molecule has 5 nitrogen and oxygen atoms in total.